The van der Waals surface area contributed by atoms with Crippen molar-refractivity contribution in [3.8, 4) is 56.4 Å². The molecule has 5 nitrogen and oxygen atoms in total. The number of hydrogen-bond donors (Lipinski definition) is 0. The van der Waals surface area contributed by atoms with Crippen molar-refractivity contribution in [2.75, 3.05) is 0 Å². The van der Waals surface area contributed by atoms with Gasteiger partial charge >= 0.3 is 0 Å². The molecule has 0 bridgehead atoms. The van der Waals surface area contributed by atoms with Crippen LogP contribution in [-0.2, 0) is 0 Å². The molecule has 270 valence electrons. The summed E-state index contributed by atoms with van der Waals surface area (Å²) in [6.07, 6.45) is 0. The largest absolute Gasteiger partial charge is 0.309 e. The van der Waals surface area contributed by atoms with Crippen LogP contribution in [0.5, 0.6) is 0 Å². The lowest BCUT2D eigenvalue weighted by atomic mass is 10.0. The minimum atomic E-state index is 0.566. The number of aromatic nitrogens is 4. The van der Waals surface area contributed by atoms with E-state index in [0.717, 1.165) is 72.3 Å². The molecule has 0 fully saturated rings. The van der Waals surface area contributed by atoms with E-state index < -0.39 is 0 Å². The molecule has 11 rings (SSSR count). The van der Waals surface area contributed by atoms with Crippen LogP contribution >= 0.6 is 0 Å². The predicted octanol–water partition coefficient (Wildman–Crippen LogP) is 13.9. The molecule has 58 heavy (non-hydrogen) atoms. The molecule has 0 saturated carbocycles. The first kappa shape index (κ1) is 33.3. The van der Waals surface area contributed by atoms with Crippen LogP contribution in [-0.4, -0.2) is 19.1 Å². The standard InChI is InChI=1S/C53H33N5/c1-54-41-16-12-15-40(31-41)48-34-47(37-25-23-36(24-26-37)35-13-4-2-5-14-35)55-53(56-48)58-50-22-11-8-19-43(50)45-29-27-39(33-52(45)58)38-28-30-51-46(32-38)44-20-9-10-21-49(44)57(51)42-17-6-3-7-18-42/h2-34H. The van der Waals surface area contributed by atoms with Gasteiger partial charge in [0.15, 0.2) is 5.69 Å². The first-order chi connectivity index (χ1) is 28.7. The fourth-order valence-corrected chi connectivity index (χ4v) is 8.40. The maximum atomic E-state index is 7.71. The van der Waals surface area contributed by atoms with Crippen LogP contribution in [0.15, 0.2) is 200 Å². The van der Waals surface area contributed by atoms with Crippen molar-refractivity contribution in [2.45, 2.75) is 0 Å². The van der Waals surface area contributed by atoms with E-state index >= 15 is 0 Å². The summed E-state index contributed by atoms with van der Waals surface area (Å²) in [6, 6.07) is 69.8. The van der Waals surface area contributed by atoms with E-state index in [-0.39, 0.29) is 0 Å². The van der Waals surface area contributed by atoms with Crippen LogP contribution in [0.2, 0.25) is 0 Å². The fourth-order valence-electron chi connectivity index (χ4n) is 8.40. The molecule has 11 aromatic rings. The van der Waals surface area contributed by atoms with Crippen LogP contribution < -0.4 is 0 Å². The highest BCUT2D eigenvalue weighted by molar-refractivity contribution is 6.12. The van der Waals surface area contributed by atoms with Gasteiger partial charge in [-0.15, -0.1) is 0 Å². The number of nitrogens with zero attached hydrogens (tertiary/aromatic N) is 5. The molecule has 0 spiro atoms. The van der Waals surface area contributed by atoms with E-state index in [4.69, 9.17) is 16.5 Å². The third-order valence-corrected chi connectivity index (χ3v) is 11.2. The van der Waals surface area contributed by atoms with Crippen LogP contribution in [0, 0.1) is 6.57 Å². The van der Waals surface area contributed by atoms with Crippen molar-refractivity contribution in [1.82, 2.24) is 19.1 Å². The zero-order valence-corrected chi connectivity index (χ0v) is 31.3. The van der Waals surface area contributed by atoms with E-state index in [9.17, 15) is 0 Å². The second kappa shape index (κ2) is 13.6. The lowest BCUT2D eigenvalue weighted by molar-refractivity contribution is 0.996. The maximum absolute atomic E-state index is 7.71. The van der Waals surface area contributed by atoms with E-state index in [0.29, 0.717) is 11.6 Å². The van der Waals surface area contributed by atoms with Crippen LogP contribution in [0.4, 0.5) is 5.69 Å². The molecule has 3 aromatic heterocycles. The van der Waals surface area contributed by atoms with Gasteiger partial charge in [0.1, 0.15) is 0 Å². The second-order valence-corrected chi connectivity index (χ2v) is 14.5. The highest BCUT2D eigenvalue weighted by Crippen LogP contribution is 2.39. The summed E-state index contributed by atoms with van der Waals surface area (Å²) in [5, 5.41) is 4.68. The van der Waals surface area contributed by atoms with Gasteiger partial charge in [0.25, 0.3) is 0 Å². The minimum absolute atomic E-state index is 0.566. The molecule has 5 heteroatoms. The lowest BCUT2D eigenvalue weighted by Gasteiger charge is -2.13. The Hall–Kier alpha value is -8.07. The Kier molecular flexibility index (Phi) is 7.80. The Bertz CT molecular complexity index is 3390. The number of fused-ring (bicyclic) bond motifs is 6. The molecule has 0 radical (unpaired) electrons. The topological polar surface area (TPSA) is 40.0 Å². The molecule has 0 aliphatic heterocycles. The zero-order chi connectivity index (χ0) is 38.6. The number of para-hydroxylation sites is 3. The monoisotopic (exact) mass is 739 g/mol. The molecular weight excluding hydrogens is 707 g/mol. The average Bonchev–Trinajstić information content (AvgIpc) is 3.82. The Morgan fingerprint density at radius 3 is 1.64 bits per heavy atom. The van der Waals surface area contributed by atoms with Crippen molar-refractivity contribution < 1.29 is 0 Å². The van der Waals surface area contributed by atoms with Crippen LogP contribution in [0.3, 0.4) is 0 Å². The molecule has 0 amide bonds. The third-order valence-electron chi connectivity index (χ3n) is 11.2. The van der Waals surface area contributed by atoms with Crippen LogP contribution in [0.1, 0.15) is 0 Å². The molecule has 8 aromatic carbocycles. The summed E-state index contributed by atoms with van der Waals surface area (Å²) in [5.41, 5.74) is 14.0. The molecule has 0 unspecified atom stereocenters. The summed E-state index contributed by atoms with van der Waals surface area (Å²) in [6.45, 7) is 7.71. The van der Waals surface area contributed by atoms with Gasteiger partial charge in [-0.2, -0.15) is 0 Å². The number of benzene rings is 8. The van der Waals surface area contributed by atoms with Crippen molar-refractivity contribution in [1.29, 1.82) is 0 Å². The number of rotatable bonds is 6. The quantitative estimate of drug-likeness (QED) is 0.159. The van der Waals surface area contributed by atoms with Gasteiger partial charge in [-0.25, -0.2) is 14.8 Å². The molecule has 0 saturated heterocycles. The first-order valence-corrected chi connectivity index (χ1v) is 19.4. The summed E-state index contributed by atoms with van der Waals surface area (Å²) in [7, 11) is 0. The Balaban J connectivity index is 1.11. The Morgan fingerprint density at radius 2 is 0.879 bits per heavy atom. The highest BCUT2D eigenvalue weighted by atomic mass is 15.2. The van der Waals surface area contributed by atoms with Gasteiger partial charge in [-0.3, -0.25) is 4.57 Å². The van der Waals surface area contributed by atoms with Crippen LogP contribution in [0.25, 0.3) is 105 Å². The van der Waals surface area contributed by atoms with Gasteiger partial charge in [0.2, 0.25) is 5.95 Å². The summed E-state index contributed by atoms with van der Waals surface area (Å²) < 4.78 is 4.54. The first-order valence-electron chi connectivity index (χ1n) is 19.4. The summed E-state index contributed by atoms with van der Waals surface area (Å²) in [4.78, 5) is 14.3. The van der Waals surface area contributed by atoms with Gasteiger partial charge in [-0.05, 0) is 82.4 Å². The minimum Gasteiger partial charge on any atom is -0.309 e. The predicted molar refractivity (Wildman–Crippen MR) is 239 cm³/mol. The zero-order valence-electron chi connectivity index (χ0n) is 31.3. The van der Waals surface area contributed by atoms with Crippen molar-refractivity contribution in [3.63, 3.8) is 0 Å². The SMILES string of the molecule is [C-]#[N+]c1cccc(-c2cc(-c3ccc(-c4ccccc4)cc3)nc(-n3c4ccccc4c4ccc(-c5ccc6c(c5)c5ccccc5n6-c5ccccc5)cc43)n2)c1. The maximum Gasteiger partial charge on any atom is 0.235 e. The van der Waals surface area contributed by atoms with E-state index in [2.05, 4.69) is 178 Å². The fraction of sp³-hybridized carbons (Fsp3) is 0. The third kappa shape index (κ3) is 5.55. The molecule has 3 heterocycles. The second-order valence-electron chi connectivity index (χ2n) is 14.5. The number of hydrogen-bond acceptors (Lipinski definition) is 2. The van der Waals surface area contributed by atoms with Crippen molar-refractivity contribution in [3.05, 3.63) is 212 Å². The van der Waals surface area contributed by atoms with Crippen molar-refractivity contribution in [2.24, 2.45) is 0 Å². The summed E-state index contributed by atoms with van der Waals surface area (Å²) >= 11 is 0. The lowest BCUT2D eigenvalue weighted by Crippen LogP contribution is -2.04. The molecule has 0 aliphatic rings. The Labute approximate surface area is 335 Å². The average molecular weight is 740 g/mol. The van der Waals surface area contributed by atoms with Gasteiger partial charge < -0.3 is 4.57 Å². The van der Waals surface area contributed by atoms with E-state index in [1.807, 2.05) is 36.4 Å². The molecule has 0 aliphatic carbocycles. The van der Waals surface area contributed by atoms with Gasteiger partial charge in [0.05, 0.1) is 40.0 Å². The Morgan fingerprint density at radius 1 is 0.345 bits per heavy atom. The molecular formula is C53H33N5. The van der Waals surface area contributed by atoms with E-state index in [1.165, 1.54) is 21.8 Å². The van der Waals surface area contributed by atoms with E-state index in [1.54, 1.807) is 0 Å². The normalized spacial score (nSPS) is 11.4. The molecule has 0 N–H and O–H groups in total. The summed E-state index contributed by atoms with van der Waals surface area (Å²) in [5.74, 6) is 0.567. The van der Waals surface area contributed by atoms with Crippen molar-refractivity contribution >= 4 is 49.3 Å². The van der Waals surface area contributed by atoms with Gasteiger partial charge in [-0.1, -0.05) is 146 Å². The van der Waals surface area contributed by atoms with Gasteiger partial charge in [0, 0.05) is 32.8 Å². The highest BCUT2D eigenvalue weighted by Gasteiger charge is 2.19. The smallest absolute Gasteiger partial charge is 0.235 e. The molecule has 0 atom stereocenters.